The van der Waals surface area contributed by atoms with Crippen LogP contribution in [0.2, 0.25) is 0 Å². The van der Waals surface area contributed by atoms with Crippen molar-refractivity contribution in [1.82, 2.24) is 4.90 Å². The molecule has 1 heterocycles. The van der Waals surface area contributed by atoms with Crippen molar-refractivity contribution in [3.05, 3.63) is 11.8 Å². The van der Waals surface area contributed by atoms with Gasteiger partial charge in [-0.25, -0.2) is 9.59 Å². The van der Waals surface area contributed by atoms with E-state index in [9.17, 15) is 14.4 Å². The average molecular weight is 199 g/mol. The largest absolute Gasteiger partial charge is 0.480 e. The number of carboxylic acids is 2. The molecule has 0 unspecified atom stereocenters. The predicted molar refractivity (Wildman–Crippen MR) is 44.3 cm³/mol. The van der Waals surface area contributed by atoms with Crippen LogP contribution in [0.1, 0.15) is 13.3 Å². The molecule has 1 amide bonds. The summed E-state index contributed by atoms with van der Waals surface area (Å²) in [7, 11) is 0. The number of carboxylic acid groups (broad SMARTS) is 2. The molecule has 6 heteroatoms. The maximum absolute atomic E-state index is 11.2. The highest BCUT2D eigenvalue weighted by Crippen LogP contribution is 2.18. The first-order valence-corrected chi connectivity index (χ1v) is 3.91. The molecule has 1 atom stereocenters. The third-order valence-electron chi connectivity index (χ3n) is 1.97. The molecule has 76 valence electrons. The third kappa shape index (κ3) is 1.73. The zero-order valence-corrected chi connectivity index (χ0v) is 7.43. The molecule has 0 aromatic rings. The number of carbonyl (C=O) groups excluding carboxylic acids is 1. The molecule has 0 aromatic heterocycles. The van der Waals surface area contributed by atoms with Gasteiger partial charge in [0, 0.05) is 6.20 Å². The Kier molecular flexibility index (Phi) is 2.55. The van der Waals surface area contributed by atoms with E-state index in [0.717, 1.165) is 11.1 Å². The standard InChI is InChI=1S/C8H9NO5/c1-4(7(11)12)9-3-5(8(13)14)2-6(9)10/h3-4H,2H2,1H3,(H,11,12)(H,13,14)/t4-/m0/s1. The molecule has 0 fully saturated rings. The van der Waals surface area contributed by atoms with Gasteiger partial charge in [-0.3, -0.25) is 4.79 Å². The van der Waals surface area contributed by atoms with E-state index in [0.29, 0.717) is 0 Å². The van der Waals surface area contributed by atoms with Crippen molar-refractivity contribution in [2.24, 2.45) is 0 Å². The Balaban J connectivity index is 2.86. The third-order valence-corrected chi connectivity index (χ3v) is 1.97. The van der Waals surface area contributed by atoms with Crippen molar-refractivity contribution in [3.63, 3.8) is 0 Å². The highest BCUT2D eigenvalue weighted by Gasteiger charge is 2.31. The van der Waals surface area contributed by atoms with Gasteiger partial charge in [0.2, 0.25) is 5.91 Å². The minimum atomic E-state index is -1.20. The second-order valence-corrected chi connectivity index (χ2v) is 2.95. The topological polar surface area (TPSA) is 94.9 Å². The van der Waals surface area contributed by atoms with Crippen molar-refractivity contribution < 1.29 is 24.6 Å². The number of hydrogen-bond donors (Lipinski definition) is 2. The maximum Gasteiger partial charge on any atom is 0.333 e. The summed E-state index contributed by atoms with van der Waals surface area (Å²) < 4.78 is 0. The van der Waals surface area contributed by atoms with Crippen molar-refractivity contribution in [3.8, 4) is 0 Å². The minimum Gasteiger partial charge on any atom is -0.480 e. The molecule has 14 heavy (non-hydrogen) atoms. The highest BCUT2D eigenvalue weighted by atomic mass is 16.4. The molecule has 0 bridgehead atoms. The quantitative estimate of drug-likeness (QED) is 0.648. The maximum atomic E-state index is 11.2. The summed E-state index contributed by atoms with van der Waals surface area (Å²) in [6.45, 7) is 1.32. The van der Waals surface area contributed by atoms with Crippen molar-refractivity contribution in [2.75, 3.05) is 0 Å². The molecule has 1 aliphatic rings. The van der Waals surface area contributed by atoms with E-state index in [1.54, 1.807) is 0 Å². The molecule has 0 saturated carbocycles. The van der Waals surface area contributed by atoms with Gasteiger partial charge in [0.25, 0.3) is 0 Å². The average Bonchev–Trinajstić information content (AvgIpc) is 2.46. The Hall–Kier alpha value is -1.85. The van der Waals surface area contributed by atoms with E-state index in [1.807, 2.05) is 0 Å². The normalized spacial score (nSPS) is 17.9. The Morgan fingerprint density at radius 1 is 1.50 bits per heavy atom. The first kappa shape index (κ1) is 10.2. The van der Waals surface area contributed by atoms with E-state index in [1.165, 1.54) is 6.92 Å². The lowest BCUT2D eigenvalue weighted by Gasteiger charge is -2.17. The highest BCUT2D eigenvalue weighted by molar-refractivity contribution is 5.99. The van der Waals surface area contributed by atoms with Crippen LogP contribution in [0.4, 0.5) is 0 Å². The van der Waals surface area contributed by atoms with Gasteiger partial charge in [0.1, 0.15) is 6.04 Å². The van der Waals surface area contributed by atoms with E-state index < -0.39 is 23.9 Å². The Bertz CT molecular complexity index is 333. The number of nitrogens with zero attached hydrogens (tertiary/aromatic N) is 1. The van der Waals surface area contributed by atoms with Gasteiger partial charge in [0.15, 0.2) is 0 Å². The number of aliphatic carboxylic acids is 2. The fourth-order valence-corrected chi connectivity index (χ4v) is 1.12. The van der Waals surface area contributed by atoms with Crippen LogP contribution in [0.25, 0.3) is 0 Å². The summed E-state index contributed by atoms with van der Waals surface area (Å²) >= 11 is 0. The predicted octanol–water partition coefficient (Wildman–Crippen LogP) is -0.340. The van der Waals surface area contributed by atoms with Crippen LogP contribution < -0.4 is 0 Å². The lowest BCUT2D eigenvalue weighted by Crippen LogP contribution is -2.36. The molecule has 0 saturated heterocycles. The van der Waals surface area contributed by atoms with Crippen molar-refractivity contribution in [1.29, 1.82) is 0 Å². The molecule has 6 nitrogen and oxygen atoms in total. The van der Waals surface area contributed by atoms with Crippen LogP contribution in [0.5, 0.6) is 0 Å². The summed E-state index contributed by atoms with van der Waals surface area (Å²) in [4.78, 5) is 33.1. The molecule has 0 aliphatic carbocycles. The molecular weight excluding hydrogens is 190 g/mol. The van der Waals surface area contributed by atoms with Crippen molar-refractivity contribution >= 4 is 17.8 Å². The lowest BCUT2D eigenvalue weighted by molar-refractivity contribution is -0.146. The van der Waals surface area contributed by atoms with E-state index in [4.69, 9.17) is 10.2 Å². The minimum absolute atomic E-state index is 0.0805. The summed E-state index contributed by atoms with van der Waals surface area (Å²) in [5.74, 6) is -2.86. The summed E-state index contributed by atoms with van der Waals surface area (Å²) in [6.07, 6.45) is 0.830. The molecule has 1 aliphatic heterocycles. The molecular formula is C8H9NO5. The van der Waals surface area contributed by atoms with Crippen LogP contribution in [0, 0.1) is 0 Å². The van der Waals surface area contributed by atoms with E-state index >= 15 is 0 Å². The van der Waals surface area contributed by atoms with Crippen LogP contribution in [0.3, 0.4) is 0 Å². The summed E-state index contributed by atoms with van der Waals surface area (Å²) in [5.41, 5.74) is -0.0805. The number of amides is 1. The van der Waals surface area contributed by atoms with Crippen LogP contribution >= 0.6 is 0 Å². The Morgan fingerprint density at radius 3 is 2.43 bits per heavy atom. The molecule has 0 aromatic carbocycles. The van der Waals surface area contributed by atoms with Gasteiger partial charge in [-0.05, 0) is 6.92 Å². The molecule has 0 spiro atoms. The van der Waals surface area contributed by atoms with Crippen LogP contribution in [0.15, 0.2) is 11.8 Å². The van der Waals surface area contributed by atoms with E-state index in [2.05, 4.69) is 0 Å². The van der Waals surface area contributed by atoms with Gasteiger partial charge in [-0.2, -0.15) is 0 Å². The van der Waals surface area contributed by atoms with Gasteiger partial charge in [0.05, 0.1) is 12.0 Å². The first-order chi connectivity index (χ1) is 6.43. The first-order valence-electron chi connectivity index (χ1n) is 3.91. The number of carbonyl (C=O) groups is 3. The van der Waals surface area contributed by atoms with Crippen LogP contribution in [-0.2, 0) is 14.4 Å². The number of rotatable bonds is 3. The zero-order chi connectivity index (χ0) is 10.9. The fraction of sp³-hybridized carbons (Fsp3) is 0.375. The lowest BCUT2D eigenvalue weighted by atomic mass is 10.2. The smallest absolute Gasteiger partial charge is 0.333 e. The zero-order valence-electron chi connectivity index (χ0n) is 7.43. The van der Waals surface area contributed by atoms with Crippen molar-refractivity contribution in [2.45, 2.75) is 19.4 Å². The fourth-order valence-electron chi connectivity index (χ4n) is 1.12. The number of hydrogen-bond acceptors (Lipinski definition) is 3. The second kappa shape index (κ2) is 3.49. The van der Waals surface area contributed by atoms with Crippen LogP contribution in [-0.4, -0.2) is 39.0 Å². The van der Waals surface area contributed by atoms with Gasteiger partial charge < -0.3 is 15.1 Å². The Labute approximate surface area is 79.4 Å². The van der Waals surface area contributed by atoms with Gasteiger partial charge >= 0.3 is 11.9 Å². The monoisotopic (exact) mass is 199 g/mol. The summed E-state index contributed by atoms with van der Waals surface area (Å²) in [6, 6.07) is -1.03. The van der Waals surface area contributed by atoms with Gasteiger partial charge in [-0.15, -0.1) is 0 Å². The SMILES string of the molecule is C[C@@H](C(=O)O)N1C=C(C(=O)O)CC1=O. The second-order valence-electron chi connectivity index (χ2n) is 2.95. The Morgan fingerprint density at radius 2 is 2.07 bits per heavy atom. The van der Waals surface area contributed by atoms with E-state index in [-0.39, 0.29) is 12.0 Å². The van der Waals surface area contributed by atoms with Gasteiger partial charge in [-0.1, -0.05) is 0 Å². The molecule has 1 rings (SSSR count). The molecule has 2 N–H and O–H groups in total. The summed E-state index contributed by atoms with van der Waals surface area (Å²) in [5, 5.41) is 17.2. The molecule has 0 radical (unpaired) electrons.